The fourth-order valence-corrected chi connectivity index (χ4v) is 1.85. The van der Waals surface area contributed by atoms with Crippen molar-refractivity contribution < 1.29 is 4.79 Å². The van der Waals surface area contributed by atoms with Crippen LogP contribution in [0, 0.1) is 34.5 Å². The van der Waals surface area contributed by atoms with Crippen molar-refractivity contribution in [3.8, 4) is 6.07 Å². The molecule has 0 aromatic heterocycles. The molecular formula is C12H21NO. The minimum absolute atomic E-state index is 0.0511. The standard InChI is InChI=1S/C12H21NO/c1-9(7-13)6-12(4,5)11(3)10(2)8-14/h8-11H,6H2,1-5H3. The second-order valence-corrected chi connectivity index (χ2v) is 5.01. The summed E-state index contributed by atoms with van der Waals surface area (Å²) in [6.45, 7) is 10.2. The molecule has 0 aliphatic carbocycles. The van der Waals surface area contributed by atoms with Crippen LogP contribution in [-0.2, 0) is 4.79 Å². The smallest absolute Gasteiger partial charge is 0.123 e. The third kappa shape index (κ3) is 3.49. The first kappa shape index (κ1) is 13.2. The van der Waals surface area contributed by atoms with Crippen molar-refractivity contribution in [2.75, 3.05) is 0 Å². The van der Waals surface area contributed by atoms with Gasteiger partial charge in [-0.25, -0.2) is 0 Å². The van der Waals surface area contributed by atoms with E-state index in [1.54, 1.807) is 0 Å². The highest BCUT2D eigenvalue weighted by atomic mass is 16.1. The van der Waals surface area contributed by atoms with Crippen molar-refractivity contribution in [3.63, 3.8) is 0 Å². The van der Waals surface area contributed by atoms with Crippen LogP contribution in [0.3, 0.4) is 0 Å². The minimum Gasteiger partial charge on any atom is -0.303 e. The molecular weight excluding hydrogens is 174 g/mol. The first-order valence-corrected chi connectivity index (χ1v) is 5.20. The van der Waals surface area contributed by atoms with E-state index in [0.717, 1.165) is 12.7 Å². The largest absolute Gasteiger partial charge is 0.303 e. The second kappa shape index (κ2) is 5.14. The van der Waals surface area contributed by atoms with Crippen molar-refractivity contribution in [3.05, 3.63) is 0 Å². The molecule has 0 heterocycles. The number of nitrogens with zero attached hydrogens (tertiary/aromatic N) is 1. The van der Waals surface area contributed by atoms with Gasteiger partial charge in [-0.1, -0.05) is 27.7 Å². The minimum atomic E-state index is 0.0511. The van der Waals surface area contributed by atoms with Crippen LogP contribution >= 0.6 is 0 Å². The Bertz CT molecular complexity index is 227. The molecule has 0 N–H and O–H groups in total. The quantitative estimate of drug-likeness (QED) is 0.633. The Balaban J connectivity index is 4.45. The van der Waals surface area contributed by atoms with Gasteiger partial charge in [-0.15, -0.1) is 0 Å². The zero-order chi connectivity index (χ0) is 11.4. The molecule has 0 aromatic carbocycles. The lowest BCUT2D eigenvalue weighted by atomic mass is 9.69. The fourth-order valence-electron chi connectivity index (χ4n) is 1.85. The highest BCUT2D eigenvalue weighted by Crippen LogP contribution is 2.37. The summed E-state index contributed by atoms with van der Waals surface area (Å²) in [5.74, 6) is 0.443. The normalized spacial score (nSPS) is 18.0. The van der Waals surface area contributed by atoms with Crippen LogP contribution in [0.25, 0.3) is 0 Å². The number of hydrogen-bond acceptors (Lipinski definition) is 2. The maximum atomic E-state index is 10.7. The zero-order valence-corrected chi connectivity index (χ0v) is 9.87. The Morgan fingerprint density at radius 2 is 1.86 bits per heavy atom. The highest BCUT2D eigenvalue weighted by Gasteiger charge is 2.31. The van der Waals surface area contributed by atoms with Gasteiger partial charge in [0.05, 0.1) is 6.07 Å². The Morgan fingerprint density at radius 1 is 1.36 bits per heavy atom. The lowest BCUT2D eigenvalue weighted by Crippen LogP contribution is -2.29. The van der Waals surface area contributed by atoms with E-state index in [1.807, 2.05) is 13.8 Å². The van der Waals surface area contributed by atoms with Gasteiger partial charge in [0.25, 0.3) is 0 Å². The van der Waals surface area contributed by atoms with Crippen LogP contribution < -0.4 is 0 Å². The SMILES string of the molecule is CC(C#N)CC(C)(C)C(C)C(C)C=O. The van der Waals surface area contributed by atoms with E-state index in [0.29, 0.717) is 5.92 Å². The summed E-state index contributed by atoms with van der Waals surface area (Å²) < 4.78 is 0. The average molecular weight is 195 g/mol. The first-order chi connectivity index (χ1) is 6.35. The summed E-state index contributed by atoms with van der Waals surface area (Å²) >= 11 is 0. The summed E-state index contributed by atoms with van der Waals surface area (Å²) in [5, 5.41) is 8.76. The lowest BCUT2D eigenvalue weighted by Gasteiger charge is -2.34. The maximum Gasteiger partial charge on any atom is 0.123 e. The Morgan fingerprint density at radius 3 is 2.21 bits per heavy atom. The molecule has 0 bridgehead atoms. The number of aldehydes is 1. The molecule has 0 saturated heterocycles. The summed E-state index contributed by atoms with van der Waals surface area (Å²) in [6.07, 6.45) is 1.85. The van der Waals surface area contributed by atoms with Crippen LogP contribution in [-0.4, -0.2) is 6.29 Å². The van der Waals surface area contributed by atoms with E-state index < -0.39 is 0 Å². The summed E-state index contributed by atoms with van der Waals surface area (Å²) in [4.78, 5) is 10.7. The second-order valence-electron chi connectivity index (χ2n) is 5.01. The topological polar surface area (TPSA) is 40.9 Å². The molecule has 2 heteroatoms. The molecule has 3 unspecified atom stereocenters. The van der Waals surface area contributed by atoms with Crippen molar-refractivity contribution in [1.29, 1.82) is 5.26 Å². The molecule has 80 valence electrons. The third-order valence-corrected chi connectivity index (χ3v) is 3.29. The van der Waals surface area contributed by atoms with E-state index in [-0.39, 0.29) is 17.3 Å². The van der Waals surface area contributed by atoms with Gasteiger partial charge in [0.15, 0.2) is 0 Å². The molecule has 14 heavy (non-hydrogen) atoms. The Labute approximate surface area is 87.3 Å². The van der Waals surface area contributed by atoms with E-state index in [4.69, 9.17) is 5.26 Å². The molecule has 0 amide bonds. The average Bonchev–Trinajstić information content (AvgIpc) is 2.14. The van der Waals surface area contributed by atoms with Gasteiger partial charge in [-0.3, -0.25) is 0 Å². The van der Waals surface area contributed by atoms with E-state index >= 15 is 0 Å². The van der Waals surface area contributed by atoms with Gasteiger partial charge in [-0.05, 0) is 24.7 Å². The molecule has 0 aromatic rings. The van der Waals surface area contributed by atoms with Crippen LogP contribution in [0.15, 0.2) is 0 Å². The summed E-state index contributed by atoms with van der Waals surface area (Å²) in [6, 6.07) is 2.24. The van der Waals surface area contributed by atoms with Crippen molar-refractivity contribution in [2.45, 2.75) is 41.0 Å². The van der Waals surface area contributed by atoms with Crippen LogP contribution in [0.1, 0.15) is 41.0 Å². The Hall–Kier alpha value is -0.840. The van der Waals surface area contributed by atoms with Gasteiger partial charge in [0.1, 0.15) is 6.29 Å². The van der Waals surface area contributed by atoms with Crippen molar-refractivity contribution >= 4 is 6.29 Å². The maximum absolute atomic E-state index is 10.7. The van der Waals surface area contributed by atoms with E-state index in [2.05, 4.69) is 26.8 Å². The van der Waals surface area contributed by atoms with Crippen molar-refractivity contribution in [2.24, 2.45) is 23.2 Å². The van der Waals surface area contributed by atoms with Crippen LogP contribution in [0.5, 0.6) is 0 Å². The summed E-state index contributed by atoms with van der Waals surface area (Å²) in [7, 11) is 0. The molecule has 0 fully saturated rings. The molecule has 0 aliphatic heterocycles. The molecule has 3 atom stereocenters. The van der Waals surface area contributed by atoms with Gasteiger partial charge in [0.2, 0.25) is 0 Å². The number of carbonyl (C=O) groups excluding carboxylic acids is 1. The Kier molecular flexibility index (Phi) is 4.83. The number of nitriles is 1. The molecule has 0 spiro atoms. The molecule has 0 radical (unpaired) electrons. The van der Waals surface area contributed by atoms with Crippen LogP contribution in [0.2, 0.25) is 0 Å². The van der Waals surface area contributed by atoms with E-state index in [1.165, 1.54) is 0 Å². The fraction of sp³-hybridized carbons (Fsp3) is 0.833. The number of hydrogen-bond donors (Lipinski definition) is 0. The van der Waals surface area contributed by atoms with Gasteiger partial charge in [0, 0.05) is 11.8 Å². The van der Waals surface area contributed by atoms with Gasteiger partial charge < -0.3 is 4.79 Å². The molecule has 0 aliphatic rings. The predicted molar refractivity (Wildman–Crippen MR) is 57.6 cm³/mol. The van der Waals surface area contributed by atoms with Gasteiger partial charge in [-0.2, -0.15) is 5.26 Å². The number of carbonyl (C=O) groups is 1. The first-order valence-electron chi connectivity index (χ1n) is 5.20. The van der Waals surface area contributed by atoms with Gasteiger partial charge >= 0.3 is 0 Å². The molecule has 2 nitrogen and oxygen atoms in total. The lowest BCUT2D eigenvalue weighted by molar-refractivity contribution is -0.113. The predicted octanol–water partition coefficient (Wildman–Crippen LogP) is 3.03. The van der Waals surface area contributed by atoms with Crippen LogP contribution in [0.4, 0.5) is 0 Å². The number of rotatable bonds is 5. The summed E-state index contributed by atoms with van der Waals surface area (Å²) in [5.41, 5.74) is 0.0511. The molecule has 0 rings (SSSR count). The molecule has 0 saturated carbocycles. The monoisotopic (exact) mass is 195 g/mol. The highest BCUT2D eigenvalue weighted by molar-refractivity contribution is 5.53. The van der Waals surface area contributed by atoms with E-state index in [9.17, 15) is 4.79 Å². The van der Waals surface area contributed by atoms with Crippen molar-refractivity contribution in [1.82, 2.24) is 0 Å². The third-order valence-electron chi connectivity index (χ3n) is 3.29. The zero-order valence-electron chi connectivity index (χ0n) is 9.87.